The molecule has 1 saturated carbocycles. The number of amides is 1. The summed E-state index contributed by atoms with van der Waals surface area (Å²) in [5.41, 5.74) is 8.53. The minimum Gasteiger partial charge on any atom is -0.380 e. The lowest BCUT2D eigenvalue weighted by molar-refractivity contribution is -0.135. The maximum atomic E-state index is 12.0. The fourth-order valence-electron chi connectivity index (χ4n) is 4.85. The molecular formula is C24H38N2O3. The molecule has 29 heavy (non-hydrogen) atoms. The average molecular weight is 403 g/mol. The molecule has 1 amide bonds. The number of nitrogens with two attached hydrogens (primary N) is 1. The number of carbonyl (C=O) groups is 1. The minimum absolute atomic E-state index is 0.0462. The maximum absolute atomic E-state index is 12.0. The Morgan fingerprint density at radius 1 is 1.28 bits per heavy atom. The van der Waals surface area contributed by atoms with Crippen molar-refractivity contribution in [3.8, 4) is 0 Å². The second-order valence-corrected chi connectivity index (χ2v) is 9.87. The summed E-state index contributed by atoms with van der Waals surface area (Å²) in [5, 5.41) is 2.15. The first-order valence-corrected chi connectivity index (χ1v) is 11.1. The summed E-state index contributed by atoms with van der Waals surface area (Å²) in [6.45, 7) is 11.5. The molecule has 1 aromatic carbocycles. The molecule has 3 unspecified atom stereocenters. The number of methoxy groups -OCH3 is 1. The standard InChI is InChI=1S/C24H38N2O3/c1-6-16-13-26(29-15-16)14-17-8-7-9-21(22(17)28-5)18-10-19(23(25)27)12-20(11-18)24(2,3)4/h10-12,16-17,21-22H,6-9,13-15H2,1-5H3,(H2,25,27)/t16-,17?,21?,22?/m1/s1. The minimum atomic E-state index is -0.366. The molecule has 0 aromatic heterocycles. The summed E-state index contributed by atoms with van der Waals surface area (Å²) in [4.78, 5) is 17.9. The Balaban J connectivity index is 1.85. The van der Waals surface area contributed by atoms with E-state index in [4.69, 9.17) is 15.3 Å². The van der Waals surface area contributed by atoms with Crippen LogP contribution in [0.25, 0.3) is 0 Å². The highest BCUT2D eigenvalue weighted by Crippen LogP contribution is 2.40. The lowest BCUT2D eigenvalue weighted by Gasteiger charge is -2.39. The van der Waals surface area contributed by atoms with Crippen molar-refractivity contribution in [3.05, 3.63) is 34.9 Å². The van der Waals surface area contributed by atoms with Crippen LogP contribution in [0.3, 0.4) is 0 Å². The van der Waals surface area contributed by atoms with E-state index in [0.717, 1.165) is 50.9 Å². The Morgan fingerprint density at radius 3 is 2.62 bits per heavy atom. The fourth-order valence-corrected chi connectivity index (χ4v) is 4.85. The SMILES string of the molecule is CC[C@H]1CON(CC2CCCC(c3cc(C(N)=O)cc(C(C)(C)C)c3)C2OC)C1. The third-order valence-electron chi connectivity index (χ3n) is 6.73. The van der Waals surface area contributed by atoms with Crippen LogP contribution in [0.2, 0.25) is 0 Å². The van der Waals surface area contributed by atoms with Crippen molar-refractivity contribution < 1.29 is 14.4 Å². The topological polar surface area (TPSA) is 64.8 Å². The normalized spacial score (nSPS) is 28.6. The zero-order valence-electron chi connectivity index (χ0n) is 18.7. The van der Waals surface area contributed by atoms with Crippen LogP contribution in [0.1, 0.15) is 80.8 Å². The van der Waals surface area contributed by atoms with Crippen molar-refractivity contribution in [1.29, 1.82) is 0 Å². The number of ether oxygens (including phenoxy) is 1. The van der Waals surface area contributed by atoms with Gasteiger partial charge in [-0.3, -0.25) is 9.63 Å². The Kier molecular flexibility index (Phi) is 7.02. The lowest BCUT2D eigenvalue weighted by atomic mass is 9.73. The number of hydroxylamine groups is 2. The monoisotopic (exact) mass is 402 g/mol. The van der Waals surface area contributed by atoms with E-state index in [1.807, 2.05) is 19.2 Å². The molecule has 1 aliphatic carbocycles. The van der Waals surface area contributed by atoms with Gasteiger partial charge in [0.2, 0.25) is 5.91 Å². The third kappa shape index (κ3) is 5.19. The Bertz CT molecular complexity index is 713. The highest BCUT2D eigenvalue weighted by atomic mass is 16.7. The molecule has 0 radical (unpaired) electrons. The van der Waals surface area contributed by atoms with E-state index in [1.54, 1.807) is 0 Å². The van der Waals surface area contributed by atoms with Gasteiger partial charge in [-0.15, -0.1) is 0 Å². The van der Waals surface area contributed by atoms with Gasteiger partial charge in [0.05, 0.1) is 12.7 Å². The average Bonchev–Trinajstić information content (AvgIpc) is 3.14. The summed E-state index contributed by atoms with van der Waals surface area (Å²) >= 11 is 0. The predicted molar refractivity (Wildman–Crippen MR) is 116 cm³/mol. The number of benzene rings is 1. The van der Waals surface area contributed by atoms with E-state index in [9.17, 15) is 4.79 Å². The van der Waals surface area contributed by atoms with Gasteiger partial charge in [-0.05, 0) is 53.9 Å². The van der Waals surface area contributed by atoms with Crippen LogP contribution >= 0.6 is 0 Å². The molecule has 2 fully saturated rings. The van der Waals surface area contributed by atoms with Gasteiger partial charge in [0.25, 0.3) is 0 Å². The first-order valence-electron chi connectivity index (χ1n) is 11.1. The van der Waals surface area contributed by atoms with Crippen molar-refractivity contribution >= 4 is 5.91 Å². The van der Waals surface area contributed by atoms with Gasteiger partial charge in [0.1, 0.15) is 0 Å². The van der Waals surface area contributed by atoms with Crippen LogP contribution in [-0.4, -0.2) is 43.9 Å². The first kappa shape index (κ1) is 22.3. The smallest absolute Gasteiger partial charge is 0.248 e. The summed E-state index contributed by atoms with van der Waals surface area (Å²) < 4.78 is 6.06. The van der Waals surface area contributed by atoms with Gasteiger partial charge in [0, 0.05) is 37.6 Å². The second kappa shape index (κ2) is 9.15. The zero-order chi connectivity index (χ0) is 21.2. The van der Waals surface area contributed by atoms with Crippen LogP contribution in [0.15, 0.2) is 18.2 Å². The largest absolute Gasteiger partial charge is 0.380 e. The number of rotatable bonds is 6. The molecule has 5 heteroatoms. The van der Waals surface area contributed by atoms with Crippen LogP contribution in [0.4, 0.5) is 0 Å². The number of hydrogen-bond acceptors (Lipinski definition) is 4. The highest BCUT2D eigenvalue weighted by molar-refractivity contribution is 5.93. The molecule has 1 aromatic rings. The van der Waals surface area contributed by atoms with E-state index < -0.39 is 0 Å². The molecular weight excluding hydrogens is 364 g/mol. The number of nitrogens with zero attached hydrogens (tertiary/aromatic N) is 1. The molecule has 1 heterocycles. The Hall–Kier alpha value is -1.43. The molecule has 0 spiro atoms. The molecule has 4 atom stereocenters. The maximum Gasteiger partial charge on any atom is 0.248 e. The van der Waals surface area contributed by atoms with Crippen molar-refractivity contribution in [2.75, 3.05) is 26.8 Å². The van der Waals surface area contributed by atoms with Gasteiger partial charge >= 0.3 is 0 Å². The van der Waals surface area contributed by atoms with Crippen LogP contribution in [0, 0.1) is 11.8 Å². The lowest BCUT2D eigenvalue weighted by Crippen LogP contribution is -2.40. The summed E-state index contributed by atoms with van der Waals surface area (Å²) in [7, 11) is 1.82. The fraction of sp³-hybridized carbons (Fsp3) is 0.708. The molecule has 1 saturated heterocycles. The van der Waals surface area contributed by atoms with Gasteiger partial charge < -0.3 is 10.5 Å². The number of hydrogen-bond donors (Lipinski definition) is 1. The highest BCUT2D eigenvalue weighted by Gasteiger charge is 2.37. The predicted octanol–water partition coefficient (Wildman–Crippen LogP) is 4.26. The first-order chi connectivity index (χ1) is 13.7. The molecule has 162 valence electrons. The van der Waals surface area contributed by atoms with E-state index in [1.165, 1.54) is 5.56 Å². The van der Waals surface area contributed by atoms with Gasteiger partial charge in [-0.25, -0.2) is 0 Å². The zero-order valence-corrected chi connectivity index (χ0v) is 18.7. The summed E-state index contributed by atoms with van der Waals surface area (Å²) in [6, 6.07) is 6.18. The molecule has 0 bridgehead atoms. The summed E-state index contributed by atoms with van der Waals surface area (Å²) in [5.74, 6) is 0.958. The van der Waals surface area contributed by atoms with Gasteiger partial charge in [-0.1, -0.05) is 40.2 Å². The van der Waals surface area contributed by atoms with Crippen LogP contribution in [0.5, 0.6) is 0 Å². The second-order valence-electron chi connectivity index (χ2n) is 9.87. The quantitative estimate of drug-likeness (QED) is 0.772. The van der Waals surface area contributed by atoms with E-state index in [0.29, 0.717) is 17.4 Å². The Labute approximate surface area is 175 Å². The molecule has 2 N–H and O–H groups in total. The van der Waals surface area contributed by atoms with E-state index in [-0.39, 0.29) is 23.3 Å². The van der Waals surface area contributed by atoms with E-state index in [2.05, 4.69) is 38.8 Å². The van der Waals surface area contributed by atoms with Crippen molar-refractivity contribution in [2.24, 2.45) is 17.6 Å². The number of carbonyl (C=O) groups excluding carboxylic acids is 1. The molecule has 3 rings (SSSR count). The van der Waals surface area contributed by atoms with Crippen molar-refractivity contribution in [2.45, 2.75) is 70.8 Å². The molecule has 5 nitrogen and oxygen atoms in total. The molecule has 1 aliphatic heterocycles. The van der Waals surface area contributed by atoms with Crippen molar-refractivity contribution in [1.82, 2.24) is 5.06 Å². The molecule has 2 aliphatic rings. The van der Waals surface area contributed by atoms with Gasteiger partial charge in [0.15, 0.2) is 0 Å². The summed E-state index contributed by atoms with van der Waals surface area (Å²) in [6.07, 6.45) is 4.65. The van der Waals surface area contributed by atoms with Crippen LogP contribution in [-0.2, 0) is 15.0 Å². The van der Waals surface area contributed by atoms with E-state index >= 15 is 0 Å². The van der Waals surface area contributed by atoms with Gasteiger partial charge in [-0.2, -0.15) is 5.06 Å². The van der Waals surface area contributed by atoms with Crippen LogP contribution < -0.4 is 5.73 Å². The number of primary amides is 1. The third-order valence-corrected chi connectivity index (χ3v) is 6.73. The Morgan fingerprint density at radius 2 is 2.03 bits per heavy atom. The van der Waals surface area contributed by atoms with Crippen molar-refractivity contribution in [3.63, 3.8) is 0 Å².